The van der Waals surface area contributed by atoms with Gasteiger partial charge < -0.3 is 24.8 Å². The van der Waals surface area contributed by atoms with Crippen LogP contribution in [0.4, 0.5) is 26.3 Å². The van der Waals surface area contributed by atoms with Gasteiger partial charge in [-0.05, 0) is 0 Å². The van der Waals surface area contributed by atoms with E-state index in [1.54, 1.807) is 0 Å². The number of likely N-dealkylation sites (N-methyl/N-ethyl adjacent to an activating group) is 1. The van der Waals surface area contributed by atoms with Gasteiger partial charge in [0.1, 0.15) is 5.97 Å². The van der Waals surface area contributed by atoms with Gasteiger partial charge in [-0.2, -0.15) is 26.3 Å². The van der Waals surface area contributed by atoms with Crippen molar-refractivity contribution in [2.45, 2.75) is 12.4 Å². The van der Waals surface area contributed by atoms with Crippen LogP contribution in [0.2, 0.25) is 0 Å². The first-order chi connectivity index (χ1) is 9.59. The van der Waals surface area contributed by atoms with E-state index in [0.717, 1.165) is 0 Å². The molecule has 1 aliphatic heterocycles. The normalized spacial score (nSPS) is 17.3. The van der Waals surface area contributed by atoms with Crippen LogP contribution in [0.5, 0.6) is 0 Å². The fourth-order valence-corrected chi connectivity index (χ4v) is 1.00. The molecule has 0 aliphatic carbocycles. The summed E-state index contributed by atoms with van der Waals surface area (Å²) in [6, 6.07) is 0. The Balaban J connectivity index is 0. The van der Waals surface area contributed by atoms with Crippen molar-refractivity contribution in [1.82, 2.24) is 5.32 Å². The molecular weight excluding hydrogens is 326 g/mol. The number of aliphatic carboxylic acids is 2. The molecule has 0 aromatic rings. The van der Waals surface area contributed by atoms with Crippen LogP contribution in [-0.4, -0.2) is 74.2 Å². The van der Waals surface area contributed by atoms with Gasteiger partial charge in [0.2, 0.25) is 0 Å². The highest BCUT2D eigenvalue weighted by Crippen LogP contribution is 2.13. The molecule has 1 rings (SSSR count). The predicted octanol–water partition coefficient (Wildman–Crippen LogP) is -0.402. The number of halogens is 6. The highest BCUT2D eigenvalue weighted by atomic mass is 19.4. The topological polar surface area (TPSA) is 89.5 Å². The first-order valence-electron chi connectivity index (χ1n) is 5.70. The summed E-state index contributed by atoms with van der Waals surface area (Å²) in [7, 11) is 4.56. The molecule has 0 spiro atoms. The number of hydrogen-bond acceptors (Lipinski definition) is 4. The van der Waals surface area contributed by atoms with Crippen LogP contribution in [0.25, 0.3) is 0 Å². The highest BCUT2D eigenvalue weighted by Gasteiger charge is 2.38. The second-order valence-electron chi connectivity index (χ2n) is 4.72. The van der Waals surface area contributed by atoms with Crippen LogP contribution in [0, 0.1) is 0 Å². The predicted molar refractivity (Wildman–Crippen MR) is 59.5 cm³/mol. The second-order valence-corrected chi connectivity index (χ2v) is 4.72. The molecule has 0 bridgehead atoms. The summed E-state index contributed by atoms with van der Waals surface area (Å²) in [5.41, 5.74) is 0. The Bertz CT molecular complexity index is 335. The third-order valence-electron chi connectivity index (χ3n) is 2.26. The maximum Gasteiger partial charge on any atom is 0.490 e. The highest BCUT2D eigenvalue weighted by molar-refractivity contribution is 5.73. The van der Waals surface area contributed by atoms with Gasteiger partial charge in [-0.15, -0.1) is 0 Å². The number of piperazine rings is 1. The number of carboxylic acids is 2. The third kappa shape index (κ3) is 13.4. The number of nitrogens with one attached hydrogen (secondary N) is 1. The van der Waals surface area contributed by atoms with E-state index < -0.39 is 24.3 Å². The molecule has 0 unspecified atom stereocenters. The minimum absolute atomic E-state index is 1.19. The zero-order chi connectivity index (χ0) is 18.2. The van der Waals surface area contributed by atoms with Crippen molar-refractivity contribution < 1.29 is 50.6 Å². The largest absolute Gasteiger partial charge is 0.542 e. The molecule has 22 heavy (non-hydrogen) atoms. The van der Waals surface area contributed by atoms with Gasteiger partial charge in [0.05, 0.1) is 27.2 Å². The Hall–Kier alpha value is -1.56. The van der Waals surface area contributed by atoms with Crippen LogP contribution in [-0.2, 0) is 9.59 Å². The van der Waals surface area contributed by atoms with Crippen molar-refractivity contribution in [2.75, 3.05) is 40.3 Å². The lowest BCUT2D eigenvalue weighted by molar-refractivity contribution is -0.891. The number of rotatable bonds is 0. The van der Waals surface area contributed by atoms with Crippen molar-refractivity contribution in [2.24, 2.45) is 0 Å². The van der Waals surface area contributed by atoms with Crippen LogP contribution in [0.15, 0.2) is 0 Å². The molecule has 0 amide bonds. The first-order valence-corrected chi connectivity index (χ1v) is 5.70. The van der Waals surface area contributed by atoms with E-state index in [0.29, 0.717) is 0 Å². The molecule has 12 heteroatoms. The molecule has 132 valence electrons. The monoisotopic (exact) mass is 342 g/mol. The molecule has 0 radical (unpaired) electrons. The molecule has 1 fully saturated rings. The number of carbonyl (C=O) groups is 2. The number of quaternary nitrogens is 1. The lowest BCUT2D eigenvalue weighted by Crippen LogP contribution is -2.53. The average molecular weight is 342 g/mol. The summed E-state index contributed by atoms with van der Waals surface area (Å²) in [6.07, 6.45) is -10.3. The van der Waals surface area contributed by atoms with Gasteiger partial charge >= 0.3 is 18.3 Å². The molecule has 0 atom stereocenters. The zero-order valence-electron chi connectivity index (χ0n) is 11.7. The second kappa shape index (κ2) is 8.78. The van der Waals surface area contributed by atoms with Crippen LogP contribution < -0.4 is 10.4 Å². The Morgan fingerprint density at radius 2 is 1.27 bits per heavy atom. The van der Waals surface area contributed by atoms with Crippen molar-refractivity contribution in [3.8, 4) is 0 Å². The first kappa shape index (κ1) is 22.7. The summed E-state index contributed by atoms with van der Waals surface area (Å²) in [4.78, 5) is 17.7. The quantitative estimate of drug-likeness (QED) is 0.462. The number of alkyl halides is 6. The standard InChI is InChI=1S/C6H15N2.2C2HF3O2/c1-8(2)5-3-7-4-6-8;2*3-2(4,5)1(6)7/h7H,3-6H2,1-2H3;2*(H,6,7)/q+1;;/p-1. The summed E-state index contributed by atoms with van der Waals surface area (Å²) in [6.45, 7) is 4.93. The van der Waals surface area contributed by atoms with E-state index in [1.807, 2.05) is 0 Å². The Kier molecular flexibility index (Phi) is 9.07. The smallest absolute Gasteiger partial charge is 0.490 e. The van der Waals surface area contributed by atoms with Gasteiger partial charge in [0.25, 0.3) is 0 Å². The number of carboxylic acid groups (broad SMARTS) is 2. The summed E-state index contributed by atoms with van der Waals surface area (Å²) >= 11 is 0. The fourth-order valence-electron chi connectivity index (χ4n) is 1.00. The molecule has 1 heterocycles. The Morgan fingerprint density at radius 3 is 1.36 bits per heavy atom. The molecule has 0 aromatic heterocycles. The Morgan fingerprint density at radius 1 is 1.00 bits per heavy atom. The Labute approximate surface area is 121 Å². The van der Waals surface area contributed by atoms with E-state index in [1.165, 1.54) is 30.7 Å². The lowest BCUT2D eigenvalue weighted by atomic mass is 10.3. The van der Waals surface area contributed by atoms with E-state index in [2.05, 4.69) is 19.4 Å². The van der Waals surface area contributed by atoms with E-state index >= 15 is 0 Å². The maximum absolute atomic E-state index is 10.6. The summed E-state index contributed by atoms with van der Waals surface area (Å²) in [5, 5.41) is 19.2. The van der Waals surface area contributed by atoms with Crippen molar-refractivity contribution >= 4 is 11.9 Å². The van der Waals surface area contributed by atoms with E-state index in [-0.39, 0.29) is 0 Å². The number of carbonyl (C=O) groups excluding carboxylic acids is 1. The molecule has 1 aliphatic rings. The molecule has 2 N–H and O–H groups in total. The van der Waals surface area contributed by atoms with Crippen LogP contribution >= 0.6 is 0 Å². The van der Waals surface area contributed by atoms with E-state index in [4.69, 9.17) is 19.8 Å². The molecule has 6 nitrogen and oxygen atoms in total. The number of nitrogens with zero attached hydrogens (tertiary/aromatic N) is 1. The van der Waals surface area contributed by atoms with Crippen molar-refractivity contribution in [3.63, 3.8) is 0 Å². The summed E-state index contributed by atoms with van der Waals surface area (Å²) in [5.74, 6) is -5.76. The van der Waals surface area contributed by atoms with Gasteiger partial charge in [-0.25, -0.2) is 4.79 Å². The van der Waals surface area contributed by atoms with Crippen molar-refractivity contribution in [1.29, 1.82) is 0 Å². The molecule has 0 saturated carbocycles. The van der Waals surface area contributed by atoms with Gasteiger partial charge in [-0.1, -0.05) is 0 Å². The minimum Gasteiger partial charge on any atom is -0.542 e. The maximum atomic E-state index is 10.6. The minimum atomic E-state index is -5.19. The van der Waals surface area contributed by atoms with Crippen LogP contribution in [0.1, 0.15) is 0 Å². The molecule has 1 saturated heterocycles. The zero-order valence-corrected chi connectivity index (χ0v) is 11.7. The molecule has 0 aromatic carbocycles. The summed E-state index contributed by atoms with van der Waals surface area (Å²) < 4.78 is 64.5. The SMILES string of the molecule is C[N+]1(C)CCNCC1.O=C(O)C(F)(F)F.O=C([O-])C(F)(F)F. The van der Waals surface area contributed by atoms with Gasteiger partial charge in [-0.3, -0.25) is 0 Å². The van der Waals surface area contributed by atoms with Gasteiger partial charge in [0.15, 0.2) is 0 Å². The third-order valence-corrected chi connectivity index (χ3v) is 2.26. The van der Waals surface area contributed by atoms with E-state index in [9.17, 15) is 26.3 Å². The number of hydrogen-bond donors (Lipinski definition) is 2. The van der Waals surface area contributed by atoms with Gasteiger partial charge in [0, 0.05) is 13.1 Å². The molecular formula is C10H16F6N2O4. The lowest BCUT2D eigenvalue weighted by Gasteiger charge is -2.33. The van der Waals surface area contributed by atoms with Crippen LogP contribution in [0.3, 0.4) is 0 Å². The van der Waals surface area contributed by atoms with Crippen molar-refractivity contribution in [3.05, 3.63) is 0 Å². The fraction of sp³-hybridized carbons (Fsp3) is 0.800. The average Bonchev–Trinajstić information content (AvgIpc) is 2.27.